The quantitative estimate of drug-likeness (QED) is 0.911. The van der Waals surface area contributed by atoms with Crippen LogP contribution in [-0.2, 0) is 0 Å². The van der Waals surface area contributed by atoms with Crippen molar-refractivity contribution in [1.29, 1.82) is 0 Å². The molecule has 0 aromatic carbocycles. The minimum Gasteiger partial charge on any atom is -0.339 e. The first kappa shape index (κ1) is 13.0. The van der Waals surface area contributed by atoms with E-state index in [9.17, 15) is 0 Å². The first-order valence-corrected chi connectivity index (χ1v) is 8.88. The minimum absolute atomic E-state index is 0.216. The summed E-state index contributed by atoms with van der Waals surface area (Å²) in [6.45, 7) is 0. The zero-order valence-electron chi connectivity index (χ0n) is 13.3. The Morgan fingerprint density at radius 1 is 1.17 bits per heavy atom. The average Bonchev–Trinajstić information content (AvgIpc) is 3.05. The number of hydrogen-bond acceptors (Lipinski definition) is 7. The molecule has 8 heteroatoms. The fourth-order valence-corrected chi connectivity index (χ4v) is 4.49. The first-order valence-electron chi connectivity index (χ1n) is 8.88. The van der Waals surface area contributed by atoms with E-state index in [2.05, 4.69) is 35.1 Å². The summed E-state index contributed by atoms with van der Waals surface area (Å²) < 4.78 is 7.75. The molecular formula is C16H19N7O. The number of hydrogen-bond donors (Lipinski definition) is 1. The van der Waals surface area contributed by atoms with Crippen molar-refractivity contribution in [2.45, 2.75) is 56.7 Å². The molecule has 2 saturated carbocycles. The number of nitrogens with zero attached hydrogens (tertiary/aromatic N) is 6. The Bertz CT molecular complexity index is 820. The van der Waals surface area contributed by atoms with Crippen molar-refractivity contribution in [2.24, 2.45) is 11.0 Å². The molecule has 2 aromatic rings. The van der Waals surface area contributed by atoms with Gasteiger partial charge >= 0.3 is 0 Å². The Morgan fingerprint density at radius 3 is 3.00 bits per heavy atom. The van der Waals surface area contributed by atoms with Crippen LogP contribution in [0.5, 0.6) is 0 Å². The largest absolute Gasteiger partial charge is 0.339 e. The van der Waals surface area contributed by atoms with Gasteiger partial charge in [0.1, 0.15) is 18.3 Å². The van der Waals surface area contributed by atoms with Crippen LogP contribution in [0.2, 0.25) is 0 Å². The fraction of sp³-hybridized carbons (Fsp3) is 0.625. The molecular weight excluding hydrogens is 306 g/mol. The third-order valence-electron chi connectivity index (χ3n) is 5.83. The molecule has 3 unspecified atom stereocenters. The molecule has 124 valence electrons. The van der Waals surface area contributed by atoms with E-state index >= 15 is 0 Å². The number of fused-ring (bicyclic) bond motifs is 6. The van der Waals surface area contributed by atoms with Gasteiger partial charge in [0, 0.05) is 17.9 Å². The van der Waals surface area contributed by atoms with Crippen LogP contribution < -0.4 is 10.3 Å². The molecule has 8 nitrogen and oxygen atoms in total. The Labute approximate surface area is 138 Å². The van der Waals surface area contributed by atoms with Crippen LogP contribution in [0.15, 0.2) is 16.0 Å². The maximum Gasteiger partial charge on any atom is 0.230 e. The second-order valence-electron chi connectivity index (χ2n) is 7.30. The molecule has 0 bridgehead atoms. The van der Waals surface area contributed by atoms with Gasteiger partial charge in [-0.25, -0.2) is 4.98 Å². The highest BCUT2D eigenvalue weighted by molar-refractivity contribution is 5.86. The summed E-state index contributed by atoms with van der Waals surface area (Å²) in [6, 6.07) is 0.472. The lowest BCUT2D eigenvalue weighted by atomic mass is 9.80. The molecule has 0 amide bonds. The third-order valence-corrected chi connectivity index (χ3v) is 5.83. The molecule has 24 heavy (non-hydrogen) atoms. The lowest BCUT2D eigenvalue weighted by molar-refractivity contribution is 0.176. The Kier molecular flexibility index (Phi) is 2.48. The second kappa shape index (κ2) is 4.58. The molecule has 2 aromatic heterocycles. The standard InChI is InChI=1S/C16H19N7O/c1-2-4-11-10(3-1)14-20-18-8-23(14)16-12(17-7-22(11)16)13-19-15(24-21-13)9-5-6-9/h7-11,14,20H,1-6H2. The highest BCUT2D eigenvalue weighted by Gasteiger charge is 2.45. The molecule has 2 aliphatic carbocycles. The summed E-state index contributed by atoms with van der Waals surface area (Å²) >= 11 is 0. The lowest BCUT2D eigenvalue weighted by Crippen LogP contribution is -2.52. The number of rotatable bonds is 2. The molecule has 0 saturated heterocycles. The molecule has 0 radical (unpaired) electrons. The van der Waals surface area contributed by atoms with Crippen molar-refractivity contribution in [3.8, 4) is 11.5 Å². The van der Waals surface area contributed by atoms with Gasteiger partial charge in [-0.05, 0) is 25.7 Å². The summed E-state index contributed by atoms with van der Waals surface area (Å²) in [7, 11) is 0. The Morgan fingerprint density at radius 2 is 2.08 bits per heavy atom. The van der Waals surface area contributed by atoms with Gasteiger partial charge in [0.15, 0.2) is 5.69 Å². The third kappa shape index (κ3) is 1.68. The second-order valence-corrected chi connectivity index (χ2v) is 7.30. The van der Waals surface area contributed by atoms with Crippen LogP contribution >= 0.6 is 0 Å². The number of imidazole rings is 1. The van der Waals surface area contributed by atoms with Crippen molar-refractivity contribution < 1.29 is 4.52 Å². The molecule has 4 heterocycles. The molecule has 3 atom stereocenters. The average molecular weight is 325 g/mol. The van der Waals surface area contributed by atoms with E-state index in [1.807, 2.05) is 12.7 Å². The summed E-state index contributed by atoms with van der Waals surface area (Å²) in [4.78, 5) is 11.5. The van der Waals surface area contributed by atoms with Gasteiger partial charge < -0.3 is 9.09 Å². The van der Waals surface area contributed by atoms with Gasteiger partial charge in [0.2, 0.25) is 11.7 Å². The maximum atomic E-state index is 5.44. The van der Waals surface area contributed by atoms with E-state index in [1.54, 1.807) is 0 Å². The zero-order chi connectivity index (χ0) is 15.7. The van der Waals surface area contributed by atoms with Gasteiger partial charge in [0.25, 0.3) is 0 Å². The van der Waals surface area contributed by atoms with E-state index < -0.39 is 0 Å². The predicted molar refractivity (Wildman–Crippen MR) is 86.4 cm³/mol. The van der Waals surface area contributed by atoms with Gasteiger partial charge in [-0.2, -0.15) is 10.1 Å². The van der Waals surface area contributed by atoms with Crippen LogP contribution in [0.25, 0.3) is 11.5 Å². The molecule has 1 N–H and O–H groups in total. The van der Waals surface area contributed by atoms with E-state index in [1.165, 1.54) is 25.7 Å². The number of nitrogens with one attached hydrogen (secondary N) is 1. The number of aromatic nitrogens is 4. The van der Waals surface area contributed by atoms with E-state index in [4.69, 9.17) is 4.52 Å². The summed E-state index contributed by atoms with van der Waals surface area (Å²) in [5.41, 5.74) is 4.09. The van der Waals surface area contributed by atoms with Crippen LogP contribution in [-0.4, -0.2) is 32.2 Å². The summed E-state index contributed by atoms with van der Waals surface area (Å²) in [5.74, 6) is 3.40. The molecule has 2 fully saturated rings. The van der Waals surface area contributed by atoms with Gasteiger partial charge in [-0.3, -0.25) is 10.3 Å². The van der Waals surface area contributed by atoms with Crippen LogP contribution in [0.1, 0.15) is 56.4 Å². The SMILES string of the molecule is C1=NNC2C3CCCCC3n3cnc(-c4noc(C5CC5)n4)c3N12. The maximum absolute atomic E-state index is 5.44. The van der Waals surface area contributed by atoms with Crippen LogP contribution in [0.3, 0.4) is 0 Å². The first-order chi connectivity index (χ1) is 11.9. The van der Waals surface area contributed by atoms with Gasteiger partial charge in [-0.1, -0.05) is 18.0 Å². The molecule has 4 aliphatic rings. The number of hydrazone groups is 1. The predicted octanol–water partition coefficient (Wildman–Crippen LogP) is 2.23. The zero-order valence-corrected chi connectivity index (χ0v) is 13.3. The Balaban J connectivity index is 1.48. The monoisotopic (exact) mass is 325 g/mol. The summed E-state index contributed by atoms with van der Waals surface area (Å²) in [5, 5.41) is 8.51. The van der Waals surface area contributed by atoms with E-state index in [0.717, 1.165) is 30.2 Å². The topological polar surface area (TPSA) is 84.4 Å². The van der Waals surface area contributed by atoms with Crippen molar-refractivity contribution in [2.75, 3.05) is 4.90 Å². The van der Waals surface area contributed by atoms with Crippen molar-refractivity contribution in [3.63, 3.8) is 0 Å². The van der Waals surface area contributed by atoms with Crippen molar-refractivity contribution in [3.05, 3.63) is 12.2 Å². The number of anilines is 1. The summed E-state index contributed by atoms with van der Waals surface area (Å²) in [6.07, 6.45) is 11.3. The van der Waals surface area contributed by atoms with Crippen LogP contribution in [0.4, 0.5) is 5.82 Å². The lowest BCUT2D eigenvalue weighted by Gasteiger charge is -2.44. The van der Waals surface area contributed by atoms with Gasteiger partial charge in [-0.15, -0.1) is 0 Å². The van der Waals surface area contributed by atoms with E-state index in [-0.39, 0.29) is 6.17 Å². The Hall–Kier alpha value is -2.38. The highest BCUT2D eigenvalue weighted by Crippen LogP contribution is 2.47. The van der Waals surface area contributed by atoms with Crippen LogP contribution in [0, 0.1) is 5.92 Å². The van der Waals surface area contributed by atoms with Crippen molar-refractivity contribution in [1.82, 2.24) is 25.1 Å². The molecule has 6 rings (SSSR count). The van der Waals surface area contributed by atoms with E-state index in [0.29, 0.717) is 23.7 Å². The molecule has 2 aliphatic heterocycles. The highest BCUT2D eigenvalue weighted by atomic mass is 16.5. The van der Waals surface area contributed by atoms with Gasteiger partial charge in [0.05, 0.1) is 6.33 Å². The smallest absolute Gasteiger partial charge is 0.230 e. The fourth-order valence-electron chi connectivity index (χ4n) is 4.49. The van der Waals surface area contributed by atoms with Crippen molar-refractivity contribution >= 4 is 12.2 Å². The molecule has 0 spiro atoms. The minimum atomic E-state index is 0.216. The normalized spacial score (nSPS) is 30.7.